The number of carbonyl (C=O) groups is 1. The molecule has 0 saturated heterocycles. The Labute approximate surface area is 109 Å². The Kier molecular flexibility index (Phi) is 7.03. The van der Waals surface area contributed by atoms with Crippen LogP contribution in [0.5, 0.6) is 0 Å². The molecule has 0 aliphatic heterocycles. The predicted octanol–water partition coefficient (Wildman–Crippen LogP) is 2.55. The van der Waals surface area contributed by atoms with Crippen LogP contribution >= 0.6 is 0 Å². The molecule has 100 valence electrons. The van der Waals surface area contributed by atoms with Crippen LogP contribution in [0.1, 0.15) is 38.3 Å². The zero-order valence-electron chi connectivity index (χ0n) is 11.0. The van der Waals surface area contributed by atoms with Crippen molar-refractivity contribution >= 4 is 5.97 Å². The number of nitrogens with zero attached hydrogens (tertiary/aromatic N) is 2. The first-order chi connectivity index (χ1) is 8.72. The van der Waals surface area contributed by atoms with Gasteiger partial charge >= 0.3 is 5.97 Å². The van der Waals surface area contributed by atoms with Gasteiger partial charge in [-0.25, -0.2) is 0 Å². The highest BCUT2D eigenvalue weighted by atomic mass is 16.4. The number of hydrogen-bond donors (Lipinski definition) is 1. The SMILES string of the molecule is CCCCCN(CCC(=O)O)Cc1ccccn1. The minimum absolute atomic E-state index is 0.193. The summed E-state index contributed by atoms with van der Waals surface area (Å²) in [5.41, 5.74) is 0.999. The summed E-state index contributed by atoms with van der Waals surface area (Å²) < 4.78 is 0. The molecule has 1 aromatic heterocycles. The summed E-state index contributed by atoms with van der Waals surface area (Å²) in [7, 11) is 0. The Morgan fingerprint density at radius 1 is 1.33 bits per heavy atom. The van der Waals surface area contributed by atoms with Gasteiger partial charge in [0.2, 0.25) is 0 Å². The second kappa shape index (κ2) is 8.64. The molecule has 4 nitrogen and oxygen atoms in total. The van der Waals surface area contributed by atoms with E-state index in [-0.39, 0.29) is 6.42 Å². The summed E-state index contributed by atoms with van der Waals surface area (Å²) in [6.07, 6.45) is 5.45. The maximum atomic E-state index is 10.6. The molecule has 18 heavy (non-hydrogen) atoms. The van der Waals surface area contributed by atoms with Crippen molar-refractivity contribution in [2.45, 2.75) is 39.2 Å². The van der Waals surface area contributed by atoms with Crippen molar-refractivity contribution in [2.24, 2.45) is 0 Å². The molecule has 0 saturated carbocycles. The van der Waals surface area contributed by atoms with Crippen molar-refractivity contribution in [3.05, 3.63) is 30.1 Å². The first-order valence-corrected chi connectivity index (χ1v) is 6.56. The summed E-state index contributed by atoms with van der Waals surface area (Å²) in [5.74, 6) is -0.739. The van der Waals surface area contributed by atoms with Gasteiger partial charge in [0.15, 0.2) is 0 Å². The van der Waals surface area contributed by atoms with E-state index in [1.165, 1.54) is 12.8 Å². The van der Waals surface area contributed by atoms with Gasteiger partial charge in [-0.05, 0) is 25.1 Å². The zero-order chi connectivity index (χ0) is 13.2. The Balaban J connectivity index is 2.45. The molecule has 1 rings (SSSR count). The van der Waals surface area contributed by atoms with Gasteiger partial charge in [-0.15, -0.1) is 0 Å². The summed E-state index contributed by atoms with van der Waals surface area (Å²) in [6, 6.07) is 5.83. The molecule has 0 aromatic carbocycles. The molecule has 0 fully saturated rings. The number of rotatable bonds is 9. The van der Waals surface area contributed by atoms with Gasteiger partial charge in [0, 0.05) is 19.3 Å². The summed E-state index contributed by atoms with van der Waals surface area (Å²) in [5, 5.41) is 8.76. The average Bonchev–Trinajstić information content (AvgIpc) is 2.37. The van der Waals surface area contributed by atoms with Crippen LogP contribution in [-0.4, -0.2) is 34.0 Å². The molecule has 0 amide bonds. The van der Waals surface area contributed by atoms with E-state index in [1.54, 1.807) is 6.20 Å². The van der Waals surface area contributed by atoms with Crippen molar-refractivity contribution in [1.82, 2.24) is 9.88 Å². The van der Waals surface area contributed by atoms with Crippen LogP contribution in [0.25, 0.3) is 0 Å². The van der Waals surface area contributed by atoms with Crippen LogP contribution in [-0.2, 0) is 11.3 Å². The van der Waals surface area contributed by atoms with Gasteiger partial charge in [0.1, 0.15) is 0 Å². The van der Waals surface area contributed by atoms with Crippen molar-refractivity contribution in [2.75, 3.05) is 13.1 Å². The lowest BCUT2D eigenvalue weighted by Gasteiger charge is -2.20. The summed E-state index contributed by atoms with van der Waals surface area (Å²) in [6.45, 7) is 4.44. The second-order valence-corrected chi connectivity index (χ2v) is 4.45. The van der Waals surface area contributed by atoms with E-state index in [0.29, 0.717) is 6.54 Å². The topological polar surface area (TPSA) is 53.4 Å². The molecule has 1 N–H and O–H groups in total. The van der Waals surface area contributed by atoms with Crippen LogP contribution in [0, 0.1) is 0 Å². The van der Waals surface area contributed by atoms with E-state index in [2.05, 4.69) is 16.8 Å². The van der Waals surface area contributed by atoms with E-state index < -0.39 is 5.97 Å². The van der Waals surface area contributed by atoms with Crippen molar-refractivity contribution in [3.8, 4) is 0 Å². The van der Waals surface area contributed by atoms with E-state index in [0.717, 1.165) is 25.2 Å². The molecule has 0 atom stereocenters. The Bertz CT molecular complexity index is 341. The third kappa shape index (κ3) is 6.35. The Hall–Kier alpha value is -1.42. The average molecular weight is 250 g/mol. The van der Waals surface area contributed by atoms with Crippen LogP contribution in [0.2, 0.25) is 0 Å². The molecule has 0 bridgehead atoms. The maximum absolute atomic E-state index is 10.6. The number of aromatic nitrogens is 1. The highest BCUT2D eigenvalue weighted by Crippen LogP contribution is 2.05. The van der Waals surface area contributed by atoms with Crippen LogP contribution in [0.4, 0.5) is 0 Å². The Morgan fingerprint density at radius 2 is 2.17 bits per heavy atom. The van der Waals surface area contributed by atoms with Gasteiger partial charge in [0.25, 0.3) is 0 Å². The molecule has 0 unspecified atom stereocenters. The fourth-order valence-electron chi connectivity index (χ4n) is 1.83. The standard InChI is InChI=1S/C14H22N2O2/c1-2-3-6-10-16(11-8-14(17)18)12-13-7-4-5-9-15-13/h4-5,7,9H,2-3,6,8,10-12H2,1H3,(H,17,18). The van der Waals surface area contributed by atoms with Crippen LogP contribution < -0.4 is 0 Å². The molecule has 4 heteroatoms. The highest BCUT2D eigenvalue weighted by molar-refractivity contribution is 5.66. The van der Waals surface area contributed by atoms with E-state index in [9.17, 15) is 4.79 Å². The molecule has 0 aliphatic rings. The number of pyridine rings is 1. The van der Waals surface area contributed by atoms with E-state index in [1.807, 2.05) is 18.2 Å². The number of aliphatic carboxylic acids is 1. The fraction of sp³-hybridized carbons (Fsp3) is 0.571. The Morgan fingerprint density at radius 3 is 2.78 bits per heavy atom. The minimum atomic E-state index is -0.739. The smallest absolute Gasteiger partial charge is 0.304 e. The lowest BCUT2D eigenvalue weighted by Crippen LogP contribution is -2.27. The third-order valence-electron chi connectivity index (χ3n) is 2.83. The van der Waals surface area contributed by atoms with Crippen molar-refractivity contribution < 1.29 is 9.90 Å². The minimum Gasteiger partial charge on any atom is -0.481 e. The maximum Gasteiger partial charge on any atom is 0.304 e. The van der Waals surface area contributed by atoms with Gasteiger partial charge < -0.3 is 5.11 Å². The monoisotopic (exact) mass is 250 g/mol. The van der Waals surface area contributed by atoms with Gasteiger partial charge in [-0.1, -0.05) is 25.8 Å². The van der Waals surface area contributed by atoms with Crippen molar-refractivity contribution in [3.63, 3.8) is 0 Å². The molecule has 0 spiro atoms. The highest BCUT2D eigenvalue weighted by Gasteiger charge is 2.08. The van der Waals surface area contributed by atoms with Gasteiger partial charge in [-0.2, -0.15) is 0 Å². The summed E-state index contributed by atoms with van der Waals surface area (Å²) >= 11 is 0. The molecular weight excluding hydrogens is 228 g/mol. The predicted molar refractivity (Wildman–Crippen MR) is 71.3 cm³/mol. The zero-order valence-corrected chi connectivity index (χ0v) is 11.0. The third-order valence-corrected chi connectivity index (χ3v) is 2.83. The molecule has 1 aromatic rings. The largest absolute Gasteiger partial charge is 0.481 e. The quantitative estimate of drug-likeness (QED) is 0.684. The van der Waals surface area contributed by atoms with Crippen LogP contribution in [0.3, 0.4) is 0 Å². The molecule has 0 radical (unpaired) electrons. The molecule has 0 aliphatic carbocycles. The number of hydrogen-bond acceptors (Lipinski definition) is 3. The van der Waals surface area contributed by atoms with Crippen LogP contribution in [0.15, 0.2) is 24.4 Å². The first-order valence-electron chi connectivity index (χ1n) is 6.56. The summed E-state index contributed by atoms with van der Waals surface area (Å²) in [4.78, 5) is 17.1. The van der Waals surface area contributed by atoms with Gasteiger partial charge in [-0.3, -0.25) is 14.7 Å². The number of carboxylic acid groups (broad SMARTS) is 1. The fourth-order valence-corrected chi connectivity index (χ4v) is 1.83. The normalized spacial score (nSPS) is 10.8. The first kappa shape index (κ1) is 14.6. The number of carboxylic acids is 1. The lowest BCUT2D eigenvalue weighted by molar-refractivity contribution is -0.137. The lowest BCUT2D eigenvalue weighted by atomic mass is 10.2. The number of unbranched alkanes of at least 4 members (excludes halogenated alkanes) is 2. The molecule has 1 heterocycles. The van der Waals surface area contributed by atoms with E-state index in [4.69, 9.17) is 5.11 Å². The molecular formula is C14H22N2O2. The van der Waals surface area contributed by atoms with Crippen molar-refractivity contribution in [1.29, 1.82) is 0 Å². The second-order valence-electron chi connectivity index (χ2n) is 4.45. The van der Waals surface area contributed by atoms with E-state index >= 15 is 0 Å². The van der Waals surface area contributed by atoms with Gasteiger partial charge in [0.05, 0.1) is 12.1 Å².